The first-order valence-electron chi connectivity index (χ1n) is 16.3. The van der Waals surface area contributed by atoms with Crippen LogP contribution in [0, 0.1) is 11.3 Å². The van der Waals surface area contributed by atoms with Gasteiger partial charge in [-0.25, -0.2) is 13.2 Å². The fraction of sp³-hybridized carbons (Fsp3) is 0.417. The Labute approximate surface area is 293 Å². The molecule has 3 aromatic rings. The summed E-state index contributed by atoms with van der Waals surface area (Å²) in [6, 6.07) is 19.1. The molecule has 3 rings (SSSR count). The van der Waals surface area contributed by atoms with Gasteiger partial charge in [-0.05, 0) is 41.0 Å². The second kappa shape index (κ2) is 17.8. The number of aliphatic hydroxyl groups is 1. The minimum absolute atomic E-state index is 0.00842. The Morgan fingerprint density at radius 1 is 0.840 bits per heavy atom. The predicted molar refractivity (Wildman–Crippen MR) is 187 cm³/mol. The summed E-state index contributed by atoms with van der Waals surface area (Å²) in [5.41, 5.74) is 0.713. The maximum absolute atomic E-state index is 13.8. The second-order valence-electron chi connectivity index (χ2n) is 13.5. The van der Waals surface area contributed by atoms with E-state index >= 15 is 0 Å². The van der Waals surface area contributed by atoms with Gasteiger partial charge in [0.25, 0.3) is 0 Å². The maximum Gasteiger partial charge on any atom is 0.407 e. The average Bonchev–Trinajstić information content (AvgIpc) is 3.06. The van der Waals surface area contributed by atoms with Crippen molar-refractivity contribution in [3.05, 3.63) is 90.0 Å². The quantitative estimate of drug-likeness (QED) is 0.121. The molecule has 0 aliphatic rings. The van der Waals surface area contributed by atoms with E-state index in [1.165, 1.54) is 0 Å². The van der Waals surface area contributed by atoms with Gasteiger partial charge in [0.2, 0.25) is 21.8 Å². The summed E-state index contributed by atoms with van der Waals surface area (Å²) in [5.74, 6) is -2.53. The van der Waals surface area contributed by atoms with Gasteiger partial charge in [-0.3, -0.25) is 9.59 Å². The number of rotatable bonds is 16. The Kier molecular flexibility index (Phi) is 14.2. The van der Waals surface area contributed by atoms with Crippen LogP contribution < -0.4 is 16.0 Å². The lowest BCUT2D eigenvalue weighted by Crippen LogP contribution is -2.59. The van der Waals surface area contributed by atoms with Gasteiger partial charge in [-0.2, -0.15) is 4.31 Å². The van der Waals surface area contributed by atoms with Crippen LogP contribution in [0.15, 0.2) is 83.8 Å². The van der Waals surface area contributed by atoms with Crippen LogP contribution in [-0.2, 0) is 37.4 Å². The smallest absolute Gasteiger partial charge is 0.407 e. The Balaban J connectivity index is 1.78. The van der Waals surface area contributed by atoms with E-state index in [0.29, 0.717) is 0 Å². The highest BCUT2D eigenvalue weighted by Crippen LogP contribution is 2.29. The molecular formula is C36H48N4O9S. The molecule has 0 aliphatic heterocycles. The number of aliphatic hydroxyl groups excluding tert-OH is 1. The number of amides is 3. The van der Waals surface area contributed by atoms with Gasteiger partial charge in [0, 0.05) is 19.2 Å². The standard InChI is InChI=1S/C36H48N4O9S/c1-24(2)21-40(50(47,48)27-16-17-29(41)30(42)19-27)22-31(43)28(18-25-12-8-6-9-13-25)38-34(45)33(36(3,4)5)39-32(44)20-37-35(46)49-23-26-14-10-7-11-15-26/h6-17,19,24,28,31,33,41-43H,18,20-23H2,1-5H3,(H,37,46)(H,38,45)(H,39,44)/t28-,31+,33+/m0/s1. The number of hydrogen-bond acceptors (Lipinski definition) is 9. The highest BCUT2D eigenvalue weighted by Gasteiger charge is 2.37. The molecule has 272 valence electrons. The molecule has 0 spiro atoms. The first kappa shape index (κ1) is 39.8. The molecule has 14 heteroatoms. The average molecular weight is 713 g/mol. The summed E-state index contributed by atoms with van der Waals surface area (Å²) in [4.78, 5) is 38.7. The number of sulfonamides is 1. The largest absolute Gasteiger partial charge is 0.504 e. The number of phenols is 2. The van der Waals surface area contributed by atoms with Crippen molar-refractivity contribution in [2.75, 3.05) is 19.6 Å². The number of carbonyl (C=O) groups excluding carboxylic acids is 3. The predicted octanol–water partition coefficient (Wildman–Crippen LogP) is 3.29. The Morgan fingerprint density at radius 2 is 1.44 bits per heavy atom. The van der Waals surface area contributed by atoms with Crippen molar-refractivity contribution < 1.29 is 42.9 Å². The van der Waals surface area contributed by atoms with Crippen molar-refractivity contribution in [3.63, 3.8) is 0 Å². The first-order valence-corrected chi connectivity index (χ1v) is 17.7. The number of ether oxygens (including phenoxy) is 1. The van der Waals surface area contributed by atoms with E-state index < -0.39 is 76.1 Å². The molecule has 3 amide bonds. The van der Waals surface area contributed by atoms with Crippen LogP contribution in [0.4, 0.5) is 4.79 Å². The van der Waals surface area contributed by atoms with E-state index in [4.69, 9.17) is 4.74 Å². The third-order valence-corrected chi connectivity index (χ3v) is 9.50. The van der Waals surface area contributed by atoms with Gasteiger partial charge in [0.15, 0.2) is 11.5 Å². The molecule has 3 atom stereocenters. The van der Waals surface area contributed by atoms with E-state index in [1.54, 1.807) is 83.1 Å². The molecule has 3 aromatic carbocycles. The Bertz CT molecular complexity index is 1680. The fourth-order valence-electron chi connectivity index (χ4n) is 5.06. The lowest BCUT2D eigenvalue weighted by Gasteiger charge is -2.34. The Morgan fingerprint density at radius 3 is 2.00 bits per heavy atom. The number of hydrogen-bond donors (Lipinski definition) is 6. The van der Waals surface area contributed by atoms with Gasteiger partial charge in [-0.1, -0.05) is 95.3 Å². The number of carbonyl (C=O) groups is 3. The van der Waals surface area contributed by atoms with Gasteiger partial charge >= 0.3 is 6.09 Å². The van der Waals surface area contributed by atoms with Gasteiger partial charge in [0.1, 0.15) is 19.2 Å². The van der Waals surface area contributed by atoms with Crippen LogP contribution in [0.1, 0.15) is 45.7 Å². The minimum atomic E-state index is -4.27. The molecule has 0 fully saturated rings. The molecule has 0 bridgehead atoms. The highest BCUT2D eigenvalue weighted by molar-refractivity contribution is 7.89. The maximum atomic E-state index is 13.8. The topological polar surface area (TPSA) is 195 Å². The van der Waals surface area contributed by atoms with E-state index in [9.17, 15) is 38.1 Å². The van der Waals surface area contributed by atoms with Gasteiger partial charge in [-0.15, -0.1) is 0 Å². The lowest BCUT2D eigenvalue weighted by molar-refractivity contribution is -0.132. The second-order valence-corrected chi connectivity index (χ2v) is 15.5. The van der Waals surface area contributed by atoms with Crippen LogP contribution in [-0.4, -0.2) is 83.8 Å². The van der Waals surface area contributed by atoms with Crippen molar-refractivity contribution in [2.24, 2.45) is 11.3 Å². The van der Waals surface area contributed by atoms with Crippen LogP contribution >= 0.6 is 0 Å². The molecule has 0 heterocycles. The number of aromatic hydroxyl groups is 2. The van der Waals surface area contributed by atoms with Crippen LogP contribution in [0.2, 0.25) is 0 Å². The fourth-order valence-corrected chi connectivity index (χ4v) is 6.70. The van der Waals surface area contributed by atoms with Crippen molar-refractivity contribution in [3.8, 4) is 11.5 Å². The number of nitrogens with zero attached hydrogens (tertiary/aromatic N) is 1. The normalized spacial score (nSPS) is 13.7. The van der Waals surface area contributed by atoms with Crippen LogP contribution in [0.3, 0.4) is 0 Å². The zero-order chi connectivity index (χ0) is 37.1. The van der Waals surface area contributed by atoms with Crippen molar-refractivity contribution >= 4 is 27.9 Å². The van der Waals surface area contributed by atoms with Crippen molar-refractivity contribution in [1.29, 1.82) is 0 Å². The highest BCUT2D eigenvalue weighted by atomic mass is 32.2. The minimum Gasteiger partial charge on any atom is -0.504 e. The number of phenolic OH excluding ortho intramolecular Hbond substituents is 2. The van der Waals surface area contributed by atoms with Crippen molar-refractivity contribution in [2.45, 2.75) is 70.7 Å². The zero-order valence-corrected chi connectivity index (χ0v) is 29.8. The van der Waals surface area contributed by atoms with Gasteiger partial charge in [0.05, 0.1) is 17.0 Å². The first-order chi connectivity index (χ1) is 23.5. The van der Waals surface area contributed by atoms with Gasteiger partial charge < -0.3 is 36.0 Å². The van der Waals surface area contributed by atoms with Crippen LogP contribution in [0.25, 0.3) is 0 Å². The third-order valence-electron chi connectivity index (χ3n) is 7.67. The zero-order valence-electron chi connectivity index (χ0n) is 29.0. The molecule has 0 aromatic heterocycles. The number of nitrogens with one attached hydrogen (secondary N) is 3. The van der Waals surface area contributed by atoms with E-state index in [2.05, 4.69) is 16.0 Å². The monoisotopic (exact) mass is 712 g/mol. The summed E-state index contributed by atoms with van der Waals surface area (Å²) in [7, 11) is -4.27. The molecule has 0 saturated carbocycles. The van der Waals surface area contributed by atoms with E-state index in [0.717, 1.165) is 33.6 Å². The molecule has 0 radical (unpaired) electrons. The molecule has 6 N–H and O–H groups in total. The summed E-state index contributed by atoms with van der Waals surface area (Å²) < 4.78 is 33.6. The van der Waals surface area contributed by atoms with E-state index in [-0.39, 0.29) is 30.4 Å². The third kappa shape index (κ3) is 12.0. The van der Waals surface area contributed by atoms with E-state index in [1.807, 2.05) is 12.1 Å². The molecule has 50 heavy (non-hydrogen) atoms. The summed E-state index contributed by atoms with van der Waals surface area (Å²) >= 11 is 0. The summed E-state index contributed by atoms with van der Waals surface area (Å²) in [6.07, 6.45) is -2.10. The number of benzene rings is 3. The van der Waals surface area contributed by atoms with Crippen molar-refractivity contribution in [1.82, 2.24) is 20.3 Å². The molecule has 13 nitrogen and oxygen atoms in total. The Hall–Kier alpha value is -4.66. The number of alkyl carbamates (subject to hydrolysis) is 1. The molecule has 0 unspecified atom stereocenters. The molecular weight excluding hydrogens is 664 g/mol. The summed E-state index contributed by atoms with van der Waals surface area (Å²) in [6.45, 7) is 7.99. The molecule has 0 aliphatic carbocycles. The SMILES string of the molecule is CC(C)CN(C[C@@H](O)[C@H](Cc1ccccc1)NC(=O)[C@@H](NC(=O)CNC(=O)OCc1ccccc1)C(C)(C)C)S(=O)(=O)c1ccc(O)c(O)c1. The van der Waals surface area contributed by atoms with Crippen LogP contribution in [0.5, 0.6) is 11.5 Å². The summed E-state index contributed by atoms with van der Waals surface area (Å²) in [5, 5.41) is 39.2. The lowest BCUT2D eigenvalue weighted by atomic mass is 9.85. The molecule has 0 saturated heterocycles.